The highest BCUT2D eigenvalue weighted by Crippen LogP contribution is 2.32. The van der Waals surface area contributed by atoms with Crippen LogP contribution in [-0.2, 0) is 0 Å². The summed E-state index contributed by atoms with van der Waals surface area (Å²) in [6, 6.07) is 12.6. The third-order valence-electron chi connectivity index (χ3n) is 3.62. The Hall–Kier alpha value is -2.20. The van der Waals surface area contributed by atoms with Crippen LogP contribution in [0.3, 0.4) is 0 Å². The summed E-state index contributed by atoms with van der Waals surface area (Å²) >= 11 is 5.90. The summed E-state index contributed by atoms with van der Waals surface area (Å²) in [4.78, 5) is 12.4. The van der Waals surface area contributed by atoms with Crippen molar-refractivity contribution in [1.82, 2.24) is 5.32 Å². The maximum Gasteiger partial charge on any atom is 0.251 e. The van der Waals surface area contributed by atoms with Crippen molar-refractivity contribution >= 4 is 17.5 Å². The Morgan fingerprint density at radius 1 is 1.18 bits per heavy atom. The van der Waals surface area contributed by atoms with Crippen molar-refractivity contribution in [3.63, 3.8) is 0 Å². The molecule has 1 aliphatic rings. The lowest BCUT2D eigenvalue weighted by Gasteiger charge is -2.17. The second-order valence-electron chi connectivity index (χ2n) is 5.05. The molecule has 22 heavy (non-hydrogen) atoms. The van der Waals surface area contributed by atoms with Crippen molar-refractivity contribution < 1.29 is 14.3 Å². The Morgan fingerprint density at radius 2 is 1.91 bits per heavy atom. The standard InChI is InChI=1S/C17H16ClNO3/c1-2-14(11-3-6-13(18)7-4-11)19-17(20)12-5-8-15-16(9-12)22-10-21-15/h3-9,14H,2,10H2,1H3,(H,19,20). The van der Waals surface area contributed by atoms with E-state index in [0.717, 1.165) is 12.0 Å². The Morgan fingerprint density at radius 3 is 2.64 bits per heavy atom. The van der Waals surface area contributed by atoms with Crippen LogP contribution in [0.15, 0.2) is 42.5 Å². The number of nitrogens with one attached hydrogen (secondary N) is 1. The smallest absolute Gasteiger partial charge is 0.251 e. The third-order valence-corrected chi connectivity index (χ3v) is 3.87. The van der Waals surface area contributed by atoms with E-state index in [1.54, 1.807) is 18.2 Å². The molecule has 0 aliphatic carbocycles. The molecule has 3 rings (SSSR count). The Labute approximate surface area is 134 Å². The van der Waals surface area contributed by atoms with Gasteiger partial charge in [-0.3, -0.25) is 4.79 Å². The minimum absolute atomic E-state index is 0.0600. The minimum Gasteiger partial charge on any atom is -0.454 e. The summed E-state index contributed by atoms with van der Waals surface area (Å²) in [6.07, 6.45) is 0.790. The largest absolute Gasteiger partial charge is 0.454 e. The van der Waals surface area contributed by atoms with Crippen LogP contribution >= 0.6 is 11.6 Å². The van der Waals surface area contributed by atoms with Crippen molar-refractivity contribution in [2.24, 2.45) is 0 Å². The fourth-order valence-corrected chi connectivity index (χ4v) is 2.52. The zero-order valence-electron chi connectivity index (χ0n) is 12.1. The van der Waals surface area contributed by atoms with Crippen LogP contribution in [0, 0.1) is 0 Å². The lowest BCUT2D eigenvalue weighted by Crippen LogP contribution is -2.28. The first kappa shape index (κ1) is 14.7. The first-order valence-corrected chi connectivity index (χ1v) is 7.51. The van der Waals surface area contributed by atoms with Gasteiger partial charge in [0.15, 0.2) is 11.5 Å². The van der Waals surface area contributed by atoms with E-state index in [2.05, 4.69) is 5.32 Å². The number of hydrogen-bond donors (Lipinski definition) is 1. The molecule has 0 bridgehead atoms. The van der Waals surface area contributed by atoms with Gasteiger partial charge in [-0.1, -0.05) is 30.7 Å². The number of fused-ring (bicyclic) bond motifs is 1. The van der Waals surface area contributed by atoms with Gasteiger partial charge in [-0.15, -0.1) is 0 Å². The Balaban J connectivity index is 1.76. The number of rotatable bonds is 4. The molecule has 0 radical (unpaired) electrons. The zero-order chi connectivity index (χ0) is 15.5. The van der Waals surface area contributed by atoms with Crippen molar-refractivity contribution in [3.8, 4) is 11.5 Å². The third kappa shape index (κ3) is 3.02. The van der Waals surface area contributed by atoms with E-state index in [4.69, 9.17) is 21.1 Å². The van der Waals surface area contributed by atoms with Crippen LogP contribution in [0.1, 0.15) is 35.3 Å². The van der Waals surface area contributed by atoms with E-state index in [0.29, 0.717) is 22.1 Å². The molecule has 1 heterocycles. The van der Waals surface area contributed by atoms with Gasteiger partial charge >= 0.3 is 0 Å². The molecule has 4 nitrogen and oxygen atoms in total. The quantitative estimate of drug-likeness (QED) is 0.928. The number of hydrogen-bond acceptors (Lipinski definition) is 3. The Bertz CT molecular complexity index is 685. The molecular formula is C17H16ClNO3. The second kappa shape index (κ2) is 6.28. The van der Waals surface area contributed by atoms with E-state index < -0.39 is 0 Å². The molecule has 0 spiro atoms. The summed E-state index contributed by atoms with van der Waals surface area (Å²) < 4.78 is 10.6. The highest BCUT2D eigenvalue weighted by molar-refractivity contribution is 6.30. The van der Waals surface area contributed by atoms with Crippen molar-refractivity contribution in [1.29, 1.82) is 0 Å². The monoisotopic (exact) mass is 317 g/mol. The van der Waals surface area contributed by atoms with Gasteiger partial charge in [-0.05, 0) is 42.3 Å². The van der Waals surface area contributed by atoms with Gasteiger partial charge < -0.3 is 14.8 Å². The first-order valence-electron chi connectivity index (χ1n) is 7.13. The van der Waals surface area contributed by atoms with Gasteiger partial charge in [-0.25, -0.2) is 0 Å². The highest BCUT2D eigenvalue weighted by atomic mass is 35.5. The van der Waals surface area contributed by atoms with Crippen LogP contribution in [0.2, 0.25) is 5.02 Å². The fourth-order valence-electron chi connectivity index (χ4n) is 2.40. The number of carbonyl (C=O) groups excluding carboxylic acids is 1. The SMILES string of the molecule is CCC(NC(=O)c1ccc2c(c1)OCO2)c1ccc(Cl)cc1. The van der Waals surface area contributed by atoms with E-state index >= 15 is 0 Å². The van der Waals surface area contributed by atoms with Crippen molar-refractivity contribution in [2.45, 2.75) is 19.4 Å². The molecule has 1 unspecified atom stereocenters. The maximum atomic E-state index is 12.4. The molecule has 1 atom stereocenters. The summed E-state index contributed by atoms with van der Waals surface area (Å²) in [5.41, 5.74) is 1.58. The molecule has 1 aliphatic heterocycles. The van der Waals surface area contributed by atoms with Crippen molar-refractivity contribution in [3.05, 3.63) is 58.6 Å². The summed E-state index contributed by atoms with van der Waals surface area (Å²) in [7, 11) is 0. The first-order chi connectivity index (χ1) is 10.7. The van der Waals surface area contributed by atoms with Gasteiger partial charge in [0.25, 0.3) is 5.91 Å². The molecule has 114 valence electrons. The molecule has 0 saturated carbocycles. The van der Waals surface area contributed by atoms with Crippen LogP contribution in [0.5, 0.6) is 11.5 Å². The average Bonchev–Trinajstić information content (AvgIpc) is 3.01. The van der Waals surface area contributed by atoms with Gasteiger partial charge in [0.1, 0.15) is 0 Å². The van der Waals surface area contributed by atoms with E-state index in [-0.39, 0.29) is 18.7 Å². The molecule has 0 saturated heterocycles. The highest BCUT2D eigenvalue weighted by Gasteiger charge is 2.18. The molecule has 1 N–H and O–H groups in total. The predicted octanol–water partition coefficient (Wildman–Crippen LogP) is 3.95. The molecule has 0 fully saturated rings. The molecule has 2 aromatic rings. The van der Waals surface area contributed by atoms with Crippen LogP contribution in [0.25, 0.3) is 0 Å². The lowest BCUT2D eigenvalue weighted by molar-refractivity contribution is 0.0935. The van der Waals surface area contributed by atoms with Gasteiger partial charge in [0.05, 0.1) is 6.04 Å². The molecule has 0 aromatic heterocycles. The van der Waals surface area contributed by atoms with Crippen LogP contribution < -0.4 is 14.8 Å². The normalized spacial score (nSPS) is 13.7. The molecule has 5 heteroatoms. The summed E-state index contributed by atoms with van der Waals surface area (Å²) in [5, 5.41) is 3.71. The summed E-state index contributed by atoms with van der Waals surface area (Å²) in [5.74, 6) is 1.13. The van der Waals surface area contributed by atoms with Crippen molar-refractivity contribution in [2.75, 3.05) is 6.79 Å². The van der Waals surface area contributed by atoms with Gasteiger partial charge in [-0.2, -0.15) is 0 Å². The van der Waals surface area contributed by atoms with E-state index in [1.807, 2.05) is 31.2 Å². The van der Waals surface area contributed by atoms with Gasteiger partial charge in [0, 0.05) is 10.6 Å². The van der Waals surface area contributed by atoms with Gasteiger partial charge in [0.2, 0.25) is 6.79 Å². The van der Waals surface area contributed by atoms with E-state index in [9.17, 15) is 4.79 Å². The number of carbonyl (C=O) groups is 1. The second-order valence-corrected chi connectivity index (χ2v) is 5.49. The number of halogens is 1. The number of amides is 1. The fraction of sp³-hybridized carbons (Fsp3) is 0.235. The average molecular weight is 318 g/mol. The maximum absolute atomic E-state index is 12.4. The molecule has 2 aromatic carbocycles. The topological polar surface area (TPSA) is 47.6 Å². The number of ether oxygens (including phenoxy) is 2. The summed E-state index contributed by atoms with van der Waals surface area (Å²) in [6.45, 7) is 2.22. The van der Waals surface area contributed by atoms with Crippen LogP contribution in [-0.4, -0.2) is 12.7 Å². The molecule has 1 amide bonds. The predicted molar refractivity (Wildman–Crippen MR) is 84.5 cm³/mol. The minimum atomic E-state index is -0.139. The van der Waals surface area contributed by atoms with E-state index in [1.165, 1.54) is 0 Å². The molecular weight excluding hydrogens is 302 g/mol. The van der Waals surface area contributed by atoms with Crippen LogP contribution in [0.4, 0.5) is 0 Å². The zero-order valence-corrected chi connectivity index (χ0v) is 12.9. The lowest BCUT2D eigenvalue weighted by atomic mass is 10.0. The number of benzene rings is 2. The Kier molecular flexibility index (Phi) is 4.20.